The standard InChI is InChI=1S/C15H25NO/c1-10(2)12-7-13(9-16(5)6)15(17)14(8-12)11(3)4/h7-8,10-11,17H,9H2,1-6H3. The smallest absolute Gasteiger partial charge is 0.123 e. The highest BCUT2D eigenvalue weighted by atomic mass is 16.3. The van der Waals surface area contributed by atoms with Crippen molar-refractivity contribution in [3.8, 4) is 5.75 Å². The fourth-order valence-corrected chi connectivity index (χ4v) is 1.98. The molecule has 0 fully saturated rings. The average molecular weight is 235 g/mol. The molecule has 0 saturated carbocycles. The Morgan fingerprint density at radius 3 is 2.06 bits per heavy atom. The van der Waals surface area contributed by atoms with Crippen molar-refractivity contribution in [2.45, 2.75) is 46.1 Å². The van der Waals surface area contributed by atoms with Crippen LogP contribution in [0.1, 0.15) is 56.2 Å². The lowest BCUT2D eigenvalue weighted by Crippen LogP contribution is -2.12. The Balaban J connectivity index is 3.27. The van der Waals surface area contributed by atoms with Crippen LogP contribution in [-0.4, -0.2) is 24.1 Å². The molecule has 1 rings (SSSR count). The van der Waals surface area contributed by atoms with E-state index in [2.05, 4.69) is 44.7 Å². The van der Waals surface area contributed by atoms with Crippen LogP contribution in [-0.2, 0) is 6.54 Å². The molecule has 2 nitrogen and oxygen atoms in total. The monoisotopic (exact) mass is 235 g/mol. The maximum Gasteiger partial charge on any atom is 0.123 e. The van der Waals surface area contributed by atoms with Crippen molar-refractivity contribution in [3.63, 3.8) is 0 Å². The van der Waals surface area contributed by atoms with Gasteiger partial charge in [-0.05, 0) is 37.1 Å². The van der Waals surface area contributed by atoms with E-state index in [4.69, 9.17) is 0 Å². The van der Waals surface area contributed by atoms with Crippen molar-refractivity contribution in [2.24, 2.45) is 0 Å². The molecule has 17 heavy (non-hydrogen) atoms. The van der Waals surface area contributed by atoms with Gasteiger partial charge in [-0.15, -0.1) is 0 Å². The van der Waals surface area contributed by atoms with Crippen LogP contribution in [0.2, 0.25) is 0 Å². The molecule has 0 amide bonds. The third-order valence-corrected chi connectivity index (χ3v) is 3.02. The van der Waals surface area contributed by atoms with E-state index in [-0.39, 0.29) is 0 Å². The zero-order valence-electron chi connectivity index (χ0n) is 11.9. The number of aromatic hydroxyl groups is 1. The van der Waals surface area contributed by atoms with Gasteiger partial charge in [0.15, 0.2) is 0 Å². The minimum absolute atomic E-state index is 0.356. The first-order chi connectivity index (χ1) is 7.82. The molecule has 96 valence electrons. The van der Waals surface area contributed by atoms with Crippen LogP contribution in [0, 0.1) is 0 Å². The van der Waals surface area contributed by atoms with E-state index in [1.165, 1.54) is 5.56 Å². The normalized spacial score (nSPS) is 11.8. The molecule has 0 radical (unpaired) electrons. The molecule has 0 aliphatic carbocycles. The van der Waals surface area contributed by atoms with Crippen LogP contribution in [0.3, 0.4) is 0 Å². The van der Waals surface area contributed by atoms with Gasteiger partial charge in [-0.25, -0.2) is 0 Å². The van der Waals surface area contributed by atoms with Crippen LogP contribution in [0.4, 0.5) is 0 Å². The highest BCUT2D eigenvalue weighted by molar-refractivity contribution is 5.46. The van der Waals surface area contributed by atoms with Crippen LogP contribution in [0.15, 0.2) is 12.1 Å². The van der Waals surface area contributed by atoms with E-state index >= 15 is 0 Å². The number of phenols is 1. The van der Waals surface area contributed by atoms with Crippen molar-refractivity contribution < 1.29 is 5.11 Å². The molecular formula is C15H25NO. The van der Waals surface area contributed by atoms with Gasteiger partial charge >= 0.3 is 0 Å². The zero-order valence-corrected chi connectivity index (χ0v) is 11.9. The molecule has 0 unspecified atom stereocenters. The van der Waals surface area contributed by atoms with Crippen molar-refractivity contribution in [1.29, 1.82) is 0 Å². The summed E-state index contributed by atoms with van der Waals surface area (Å²) in [6.07, 6.45) is 0. The summed E-state index contributed by atoms with van der Waals surface area (Å²) in [4.78, 5) is 2.09. The highest BCUT2D eigenvalue weighted by Crippen LogP contribution is 2.33. The number of nitrogens with zero attached hydrogens (tertiary/aromatic N) is 1. The van der Waals surface area contributed by atoms with Gasteiger partial charge in [0.2, 0.25) is 0 Å². The van der Waals surface area contributed by atoms with E-state index in [9.17, 15) is 5.11 Å². The summed E-state index contributed by atoms with van der Waals surface area (Å²) in [6.45, 7) is 9.41. The quantitative estimate of drug-likeness (QED) is 0.860. The third-order valence-electron chi connectivity index (χ3n) is 3.02. The zero-order chi connectivity index (χ0) is 13.2. The maximum absolute atomic E-state index is 10.3. The summed E-state index contributed by atoms with van der Waals surface area (Å²) in [5, 5.41) is 10.3. The fourth-order valence-electron chi connectivity index (χ4n) is 1.98. The largest absolute Gasteiger partial charge is 0.507 e. The second-order valence-corrected chi connectivity index (χ2v) is 5.67. The number of benzene rings is 1. The molecule has 1 aromatic rings. The van der Waals surface area contributed by atoms with Gasteiger partial charge in [0, 0.05) is 12.1 Å². The minimum Gasteiger partial charge on any atom is -0.507 e. The first-order valence-electron chi connectivity index (χ1n) is 6.33. The molecule has 0 heterocycles. The molecule has 0 aromatic heterocycles. The Hall–Kier alpha value is -1.02. The number of hydrogen-bond donors (Lipinski definition) is 1. The van der Waals surface area contributed by atoms with Crippen LogP contribution < -0.4 is 0 Å². The van der Waals surface area contributed by atoms with E-state index in [0.29, 0.717) is 17.6 Å². The van der Waals surface area contributed by atoms with Gasteiger partial charge in [-0.1, -0.05) is 39.8 Å². The minimum atomic E-state index is 0.356. The van der Waals surface area contributed by atoms with Gasteiger partial charge in [-0.2, -0.15) is 0 Å². The van der Waals surface area contributed by atoms with Crippen molar-refractivity contribution in [3.05, 3.63) is 28.8 Å². The van der Waals surface area contributed by atoms with Crippen molar-refractivity contribution in [2.75, 3.05) is 14.1 Å². The molecule has 0 aliphatic heterocycles. The Bertz CT molecular complexity index is 381. The number of rotatable bonds is 4. The highest BCUT2D eigenvalue weighted by Gasteiger charge is 2.14. The molecule has 1 N–H and O–H groups in total. The van der Waals surface area contributed by atoms with Gasteiger partial charge in [0.05, 0.1) is 0 Å². The second-order valence-electron chi connectivity index (χ2n) is 5.67. The van der Waals surface area contributed by atoms with Crippen molar-refractivity contribution >= 4 is 0 Å². The summed E-state index contributed by atoms with van der Waals surface area (Å²) < 4.78 is 0. The van der Waals surface area contributed by atoms with Gasteiger partial charge in [0.1, 0.15) is 5.75 Å². The molecule has 2 heteroatoms. The molecule has 0 atom stereocenters. The van der Waals surface area contributed by atoms with Crippen LogP contribution in [0.25, 0.3) is 0 Å². The summed E-state index contributed by atoms with van der Waals surface area (Å²) in [5.41, 5.74) is 3.40. The number of phenolic OH excluding ortho intramolecular Hbond substituents is 1. The lowest BCUT2D eigenvalue weighted by Gasteiger charge is -2.19. The molecular weight excluding hydrogens is 210 g/mol. The van der Waals surface area contributed by atoms with Crippen LogP contribution >= 0.6 is 0 Å². The molecule has 0 bridgehead atoms. The Kier molecular flexibility index (Phi) is 4.58. The first kappa shape index (κ1) is 14.0. The molecule has 0 aliphatic rings. The molecule has 0 saturated heterocycles. The lowest BCUT2D eigenvalue weighted by atomic mass is 9.92. The SMILES string of the molecule is CC(C)c1cc(CN(C)C)c(O)c(C(C)C)c1. The van der Waals surface area contributed by atoms with E-state index in [1.807, 2.05) is 14.1 Å². The van der Waals surface area contributed by atoms with Crippen molar-refractivity contribution in [1.82, 2.24) is 4.90 Å². The van der Waals surface area contributed by atoms with E-state index in [0.717, 1.165) is 17.7 Å². The van der Waals surface area contributed by atoms with Gasteiger partial charge in [-0.3, -0.25) is 0 Å². The van der Waals surface area contributed by atoms with Gasteiger partial charge < -0.3 is 10.0 Å². The summed E-state index contributed by atoms with van der Waals surface area (Å²) in [6, 6.07) is 4.27. The van der Waals surface area contributed by atoms with E-state index in [1.54, 1.807) is 0 Å². The maximum atomic E-state index is 10.3. The third kappa shape index (κ3) is 3.47. The van der Waals surface area contributed by atoms with E-state index < -0.39 is 0 Å². The topological polar surface area (TPSA) is 23.5 Å². The Morgan fingerprint density at radius 1 is 1.06 bits per heavy atom. The molecule has 0 spiro atoms. The van der Waals surface area contributed by atoms with Gasteiger partial charge in [0.25, 0.3) is 0 Å². The summed E-state index contributed by atoms with van der Waals surface area (Å²) in [7, 11) is 4.05. The Labute approximate surface area is 105 Å². The second kappa shape index (κ2) is 5.54. The Morgan fingerprint density at radius 2 is 1.65 bits per heavy atom. The molecule has 1 aromatic carbocycles. The predicted octanol–water partition coefficient (Wildman–Crippen LogP) is 3.70. The summed E-state index contributed by atoms with van der Waals surface area (Å²) in [5.74, 6) is 1.32. The number of hydrogen-bond acceptors (Lipinski definition) is 2. The summed E-state index contributed by atoms with van der Waals surface area (Å²) >= 11 is 0. The first-order valence-corrected chi connectivity index (χ1v) is 6.33. The fraction of sp³-hybridized carbons (Fsp3) is 0.600. The van der Waals surface area contributed by atoms with Crippen LogP contribution in [0.5, 0.6) is 5.75 Å². The lowest BCUT2D eigenvalue weighted by molar-refractivity contribution is 0.383. The average Bonchev–Trinajstić information content (AvgIpc) is 2.19. The predicted molar refractivity (Wildman–Crippen MR) is 73.7 cm³/mol.